The highest BCUT2D eigenvalue weighted by molar-refractivity contribution is 5.83. The van der Waals surface area contributed by atoms with Crippen LogP contribution in [0.1, 0.15) is 23.6 Å². The van der Waals surface area contributed by atoms with Gasteiger partial charge in [0.25, 0.3) is 0 Å². The number of carbonyl (C=O) groups is 2. The molecule has 0 unspecified atom stereocenters. The summed E-state index contributed by atoms with van der Waals surface area (Å²) in [7, 11) is 3.76. The first-order valence-electron chi connectivity index (χ1n) is 7.91. The van der Waals surface area contributed by atoms with Crippen molar-refractivity contribution in [1.29, 1.82) is 0 Å². The molecule has 126 valence electrons. The number of rotatable bonds is 6. The molecule has 1 aromatic rings. The Kier molecular flexibility index (Phi) is 5.98. The van der Waals surface area contributed by atoms with E-state index in [4.69, 9.17) is 4.74 Å². The molecule has 2 rings (SSSR count). The number of ether oxygens (including phenoxy) is 1. The summed E-state index contributed by atoms with van der Waals surface area (Å²) in [4.78, 5) is 27.6. The standard InChI is InChI=1S/C17H25N3O3/c1-13-5-7-14(8-6-13)15(19(2)3)16(21)18-9-11-20-10-4-12-23-17(20)22/h5-8,15H,4,9-12H2,1-3H3,(H,18,21)/t15-/m1/s1. The van der Waals surface area contributed by atoms with E-state index in [0.29, 0.717) is 26.2 Å². The van der Waals surface area contributed by atoms with Crippen molar-refractivity contribution in [3.63, 3.8) is 0 Å². The van der Waals surface area contributed by atoms with Crippen molar-refractivity contribution in [2.75, 3.05) is 40.3 Å². The van der Waals surface area contributed by atoms with E-state index in [1.165, 1.54) is 0 Å². The van der Waals surface area contributed by atoms with Gasteiger partial charge in [-0.15, -0.1) is 0 Å². The molecule has 0 radical (unpaired) electrons. The largest absolute Gasteiger partial charge is 0.449 e. The number of cyclic esters (lactones) is 1. The monoisotopic (exact) mass is 319 g/mol. The Morgan fingerprint density at radius 1 is 1.35 bits per heavy atom. The SMILES string of the molecule is Cc1ccc([C@H](C(=O)NCCN2CCCOC2=O)N(C)C)cc1. The van der Waals surface area contributed by atoms with Crippen LogP contribution in [0.15, 0.2) is 24.3 Å². The fraction of sp³-hybridized carbons (Fsp3) is 0.529. The minimum Gasteiger partial charge on any atom is -0.449 e. The Morgan fingerprint density at radius 2 is 2.04 bits per heavy atom. The molecule has 1 saturated heterocycles. The van der Waals surface area contributed by atoms with Crippen molar-refractivity contribution >= 4 is 12.0 Å². The van der Waals surface area contributed by atoms with Crippen molar-refractivity contribution in [2.24, 2.45) is 0 Å². The van der Waals surface area contributed by atoms with Gasteiger partial charge in [0.05, 0.1) is 6.61 Å². The number of hydrogen-bond acceptors (Lipinski definition) is 4. The third kappa shape index (κ3) is 4.69. The van der Waals surface area contributed by atoms with E-state index < -0.39 is 0 Å². The summed E-state index contributed by atoms with van der Waals surface area (Å²) in [5, 5.41) is 2.91. The highest BCUT2D eigenvalue weighted by atomic mass is 16.6. The van der Waals surface area contributed by atoms with E-state index >= 15 is 0 Å². The van der Waals surface area contributed by atoms with Crippen molar-refractivity contribution < 1.29 is 14.3 Å². The molecule has 6 nitrogen and oxygen atoms in total. The molecule has 23 heavy (non-hydrogen) atoms. The van der Waals surface area contributed by atoms with Crippen LogP contribution in [0.5, 0.6) is 0 Å². The minimum absolute atomic E-state index is 0.0655. The molecule has 2 amide bonds. The summed E-state index contributed by atoms with van der Waals surface area (Å²) in [5.74, 6) is -0.0655. The molecule has 0 spiro atoms. The van der Waals surface area contributed by atoms with Crippen molar-refractivity contribution in [2.45, 2.75) is 19.4 Å². The van der Waals surface area contributed by atoms with Crippen molar-refractivity contribution in [3.8, 4) is 0 Å². The van der Waals surface area contributed by atoms with Crippen molar-refractivity contribution in [1.82, 2.24) is 15.1 Å². The summed E-state index contributed by atoms with van der Waals surface area (Å²) < 4.78 is 4.98. The summed E-state index contributed by atoms with van der Waals surface area (Å²) in [6, 6.07) is 7.61. The topological polar surface area (TPSA) is 61.9 Å². The van der Waals surface area contributed by atoms with Gasteiger partial charge in [-0.25, -0.2) is 4.79 Å². The molecule has 0 bridgehead atoms. The van der Waals surface area contributed by atoms with Crippen LogP contribution in [0.25, 0.3) is 0 Å². The van der Waals surface area contributed by atoms with Gasteiger partial charge < -0.3 is 15.0 Å². The number of carbonyl (C=O) groups excluding carboxylic acids is 2. The molecule has 1 heterocycles. The van der Waals surface area contributed by atoms with Gasteiger partial charge in [0.1, 0.15) is 6.04 Å². The number of hydrogen-bond donors (Lipinski definition) is 1. The molecule has 1 aromatic carbocycles. The van der Waals surface area contributed by atoms with Gasteiger partial charge in [-0.2, -0.15) is 0 Å². The average molecular weight is 319 g/mol. The lowest BCUT2D eigenvalue weighted by molar-refractivity contribution is -0.125. The quantitative estimate of drug-likeness (QED) is 0.864. The van der Waals surface area contributed by atoms with E-state index in [2.05, 4.69) is 5.32 Å². The first-order valence-corrected chi connectivity index (χ1v) is 7.91. The first-order chi connectivity index (χ1) is 11.0. The van der Waals surface area contributed by atoms with Gasteiger partial charge in [0, 0.05) is 19.6 Å². The van der Waals surface area contributed by atoms with Crippen molar-refractivity contribution in [3.05, 3.63) is 35.4 Å². The minimum atomic E-state index is -0.344. The molecule has 0 saturated carbocycles. The summed E-state index contributed by atoms with van der Waals surface area (Å²) in [6.45, 7) is 4.08. The lowest BCUT2D eigenvalue weighted by Gasteiger charge is -2.27. The molecule has 0 aliphatic carbocycles. The third-order valence-corrected chi connectivity index (χ3v) is 3.89. The molecule has 0 aromatic heterocycles. The van der Waals surface area contributed by atoms with E-state index in [1.807, 2.05) is 50.2 Å². The Balaban J connectivity index is 1.91. The Morgan fingerprint density at radius 3 is 2.65 bits per heavy atom. The Labute approximate surface area is 137 Å². The van der Waals surface area contributed by atoms with Crippen LogP contribution in [0.3, 0.4) is 0 Å². The zero-order chi connectivity index (χ0) is 16.8. The summed E-state index contributed by atoms with van der Waals surface area (Å²) >= 11 is 0. The van der Waals surface area contributed by atoms with Gasteiger partial charge in [0.2, 0.25) is 5.91 Å². The molecule has 6 heteroatoms. The highest BCUT2D eigenvalue weighted by Crippen LogP contribution is 2.18. The smallest absolute Gasteiger partial charge is 0.409 e. The third-order valence-electron chi connectivity index (χ3n) is 3.89. The molecule has 1 aliphatic rings. The van der Waals surface area contributed by atoms with Crippen LogP contribution in [0.2, 0.25) is 0 Å². The maximum Gasteiger partial charge on any atom is 0.409 e. The van der Waals surface area contributed by atoms with Gasteiger partial charge >= 0.3 is 6.09 Å². The number of nitrogens with zero attached hydrogens (tertiary/aromatic N) is 2. The van der Waals surface area contributed by atoms with E-state index in [-0.39, 0.29) is 18.0 Å². The zero-order valence-corrected chi connectivity index (χ0v) is 14.0. The Bertz CT molecular complexity index is 543. The normalized spacial score (nSPS) is 16.2. The van der Waals surface area contributed by atoms with Crippen LogP contribution in [0, 0.1) is 6.92 Å². The molecular weight excluding hydrogens is 294 g/mol. The first kappa shape index (κ1) is 17.3. The second kappa shape index (κ2) is 7.97. The maximum atomic E-state index is 12.5. The molecule has 1 aliphatic heterocycles. The second-order valence-electron chi connectivity index (χ2n) is 6.02. The molecule has 1 N–H and O–H groups in total. The fourth-order valence-corrected chi connectivity index (χ4v) is 2.64. The predicted octanol–water partition coefficient (Wildman–Crippen LogP) is 1.56. The predicted molar refractivity (Wildman–Crippen MR) is 88.2 cm³/mol. The van der Waals surface area contributed by atoms with E-state index in [0.717, 1.165) is 17.5 Å². The van der Waals surface area contributed by atoms with E-state index in [9.17, 15) is 9.59 Å². The molecule has 1 fully saturated rings. The second-order valence-corrected chi connectivity index (χ2v) is 6.02. The van der Waals surface area contributed by atoms with Gasteiger partial charge in [-0.3, -0.25) is 9.69 Å². The summed E-state index contributed by atoms with van der Waals surface area (Å²) in [6.07, 6.45) is 0.539. The van der Waals surface area contributed by atoms with Crippen LogP contribution in [0.4, 0.5) is 4.79 Å². The summed E-state index contributed by atoms with van der Waals surface area (Å²) in [5.41, 5.74) is 2.12. The van der Waals surface area contributed by atoms with Crippen LogP contribution >= 0.6 is 0 Å². The average Bonchev–Trinajstić information content (AvgIpc) is 2.51. The zero-order valence-electron chi connectivity index (χ0n) is 14.0. The van der Waals surface area contributed by atoms with Gasteiger partial charge in [0.15, 0.2) is 0 Å². The fourth-order valence-electron chi connectivity index (χ4n) is 2.64. The van der Waals surface area contributed by atoms with Crippen LogP contribution < -0.4 is 5.32 Å². The maximum absolute atomic E-state index is 12.5. The Hall–Kier alpha value is -2.08. The van der Waals surface area contributed by atoms with E-state index in [1.54, 1.807) is 4.90 Å². The number of amides is 2. The van der Waals surface area contributed by atoms with Gasteiger partial charge in [-0.1, -0.05) is 29.8 Å². The molecule has 1 atom stereocenters. The lowest BCUT2D eigenvalue weighted by Crippen LogP contribution is -2.44. The number of aryl methyl sites for hydroxylation is 1. The number of likely N-dealkylation sites (N-methyl/N-ethyl adjacent to an activating group) is 1. The number of nitrogens with one attached hydrogen (secondary N) is 1. The van der Waals surface area contributed by atoms with Gasteiger partial charge in [-0.05, 0) is 33.0 Å². The van der Waals surface area contributed by atoms with Crippen LogP contribution in [-0.2, 0) is 9.53 Å². The number of benzene rings is 1. The molecular formula is C17H25N3O3. The van der Waals surface area contributed by atoms with Crippen LogP contribution in [-0.4, -0.2) is 62.1 Å². The highest BCUT2D eigenvalue weighted by Gasteiger charge is 2.23. The lowest BCUT2D eigenvalue weighted by atomic mass is 10.0.